The normalized spacial score (nSPS) is 10.4. The molecule has 0 radical (unpaired) electrons. The van der Waals surface area contributed by atoms with Gasteiger partial charge in [0, 0.05) is 11.8 Å². The molecule has 4 nitrogen and oxygen atoms in total. The van der Waals surface area contributed by atoms with E-state index in [0.717, 1.165) is 30.5 Å². The number of hydrogen-bond donors (Lipinski definition) is 1. The molecule has 0 spiro atoms. The predicted octanol–water partition coefficient (Wildman–Crippen LogP) is 4.09. The maximum Gasteiger partial charge on any atom is 0.335 e. The third-order valence-corrected chi connectivity index (χ3v) is 3.14. The van der Waals surface area contributed by atoms with Crippen LogP contribution in [-0.4, -0.2) is 16.1 Å². The van der Waals surface area contributed by atoms with Gasteiger partial charge in [-0.2, -0.15) is 0 Å². The summed E-state index contributed by atoms with van der Waals surface area (Å²) >= 11 is 0. The molecule has 2 aromatic rings. The third kappa shape index (κ3) is 4.05. The Hall–Kier alpha value is -2.36. The molecule has 1 aromatic carbocycles. The molecule has 0 saturated heterocycles. The highest BCUT2D eigenvalue weighted by atomic mass is 16.5. The highest BCUT2D eigenvalue weighted by molar-refractivity contribution is 5.88. The number of aryl methyl sites for hydroxylation is 2. The lowest BCUT2D eigenvalue weighted by molar-refractivity contribution is 0.0696. The minimum atomic E-state index is -0.970. The van der Waals surface area contributed by atoms with Crippen LogP contribution in [0.3, 0.4) is 0 Å². The van der Waals surface area contributed by atoms with Gasteiger partial charge in [-0.1, -0.05) is 32.4 Å². The maximum absolute atomic E-state index is 11.2. The van der Waals surface area contributed by atoms with Crippen molar-refractivity contribution in [1.29, 1.82) is 0 Å². The van der Waals surface area contributed by atoms with Crippen molar-refractivity contribution >= 4 is 5.97 Å². The lowest BCUT2D eigenvalue weighted by atomic mass is 10.1. The van der Waals surface area contributed by atoms with Gasteiger partial charge in [-0.25, -0.2) is 9.78 Å². The van der Waals surface area contributed by atoms with E-state index in [9.17, 15) is 4.79 Å². The van der Waals surface area contributed by atoms with Gasteiger partial charge in [-0.05, 0) is 36.6 Å². The largest absolute Gasteiger partial charge is 0.478 e. The molecule has 1 N–H and O–H groups in total. The number of ether oxygens (including phenoxy) is 1. The van der Waals surface area contributed by atoms with Gasteiger partial charge < -0.3 is 9.84 Å². The van der Waals surface area contributed by atoms with Gasteiger partial charge >= 0.3 is 5.97 Å². The van der Waals surface area contributed by atoms with Gasteiger partial charge in [0.25, 0.3) is 0 Å². The van der Waals surface area contributed by atoms with E-state index < -0.39 is 5.97 Å². The number of nitrogens with zero attached hydrogens (tertiary/aromatic N) is 1. The molecule has 1 aromatic heterocycles. The summed E-state index contributed by atoms with van der Waals surface area (Å²) in [6, 6.07) is 10.8. The summed E-state index contributed by atoms with van der Waals surface area (Å²) in [6.45, 7) is 4.10. The Labute approximate surface area is 124 Å². The summed E-state index contributed by atoms with van der Waals surface area (Å²) in [5.74, 6) is 0.0281. The standard InChI is InChI=1S/C17H19NO3/c1-3-6-14-10-13(17(19)20)11-16(18-14)21-15-8-5-7-12(4-2)9-15/h5,7-11H,3-4,6H2,1-2H3,(H,19,20). The fourth-order valence-electron chi connectivity index (χ4n) is 2.07. The molecule has 0 amide bonds. The zero-order valence-electron chi connectivity index (χ0n) is 12.3. The lowest BCUT2D eigenvalue weighted by Crippen LogP contribution is -2.02. The summed E-state index contributed by atoms with van der Waals surface area (Å²) in [5.41, 5.74) is 2.10. The number of benzene rings is 1. The highest BCUT2D eigenvalue weighted by Crippen LogP contribution is 2.23. The first-order chi connectivity index (χ1) is 10.1. The molecule has 0 bridgehead atoms. The van der Waals surface area contributed by atoms with Crippen LogP contribution in [0.5, 0.6) is 11.6 Å². The van der Waals surface area contributed by atoms with Gasteiger partial charge in [0.1, 0.15) is 5.75 Å². The topological polar surface area (TPSA) is 59.4 Å². The second-order valence-electron chi connectivity index (χ2n) is 4.84. The molecule has 4 heteroatoms. The average molecular weight is 285 g/mol. The van der Waals surface area contributed by atoms with Crippen molar-refractivity contribution in [2.75, 3.05) is 0 Å². The van der Waals surface area contributed by atoms with Crippen LogP contribution in [0.2, 0.25) is 0 Å². The van der Waals surface area contributed by atoms with E-state index in [1.807, 2.05) is 31.2 Å². The van der Waals surface area contributed by atoms with Crippen molar-refractivity contribution in [3.8, 4) is 11.6 Å². The molecule has 0 aliphatic heterocycles. The smallest absolute Gasteiger partial charge is 0.335 e. The predicted molar refractivity (Wildman–Crippen MR) is 81.1 cm³/mol. The van der Waals surface area contributed by atoms with E-state index in [1.54, 1.807) is 6.07 Å². The van der Waals surface area contributed by atoms with E-state index >= 15 is 0 Å². The minimum Gasteiger partial charge on any atom is -0.478 e. The summed E-state index contributed by atoms with van der Waals surface area (Å²) in [7, 11) is 0. The summed E-state index contributed by atoms with van der Waals surface area (Å²) in [5, 5.41) is 9.17. The second-order valence-corrected chi connectivity index (χ2v) is 4.84. The second kappa shape index (κ2) is 6.88. The summed E-state index contributed by atoms with van der Waals surface area (Å²) in [6.07, 6.45) is 2.55. The first-order valence-electron chi connectivity index (χ1n) is 7.13. The van der Waals surface area contributed by atoms with Crippen molar-refractivity contribution in [3.05, 3.63) is 53.2 Å². The quantitative estimate of drug-likeness (QED) is 0.868. The summed E-state index contributed by atoms with van der Waals surface area (Å²) in [4.78, 5) is 15.5. The summed E-state index contributed by atoms with van der Waals surface area (Å²) < 4.78 is 5.72. The Bertz CT molecular complexity index is 638. The van der Waals surface area contributed by atoms with Crippen molar-refractivity contribution in [2.45, 2.75) is 33.1 Å². The van der Waals surface area contributed by atoms with E-state index in [2.05, 4.69) is 11.9 Å². The number of rotatable bonds is 6. The molecule has 0 aliphatic carbocycles. The van der Waals surface area contributed by atoms with E-state index in [0.29, 0.717) is 11.6 Å². The number of hydrogen-bond acceptors (Lipinski definition) is 3. The Morgan fingerprint density at radius 1 is 1.24 bits per heavy atom. The number of carbonyl (C=O) groups is 1. The van der Waals surface area contributed by atoms with Crippen molar-refractivity contribution in [1.82, 2.24) is 4.98 Å². The zero-order chi connectivity index (χ0) is 15.2. The Morgan fingerprint density at radius 2 is 2.05 bits per heavy atom. The van der Waals surface area contributed by atoms with Crippen molar-refractivity contribution in [2.24, 2.45) is 0 Å². The van der Waals surface area contributed by atoms with Crippen LogP contribution in [0.4, 0.5) is 0 Å². The molecule has 0 aliphatic rings. The van der Waals surface area contributed by atoms with Crippen LogP contribution < -0.4 is 4.74 Å². The van der Waals surface area contributed by atoms with Crippen LogP contribution in [0, 0.1) is 0 Å². The minimum absolute atomic E-state index is 0.204. The molecule has 0 saturated carbocycles. The fourth-order valence-corrected chi connectivity index (χ4v) is 2.07. The highest BCUT2D eigenvalue weighted by Gasteiger charge is 2.10. The average Bonchev–Trinajstić information content (AvgIpc) is 2.47. The molecular formula is C17H19NO3. The van der Waals surface area contributed by atoms with E-state index in [4.69, 9.17) is 9.84 Å². The van der Waals surface area contributed by atoms with Crippen molar-refractivity contribution in [3.63, 3.8) is 0 Å². The van der Waals surface area contributed by atoms with E-state index in [1.165, 1.54) is 6.07 Å². The number of carboxylic acids is 1. The molecule has 0 unspecified atom stereocenters. The Morgan fingerprint density at radius 3 is 2.71 bits per heavy atom. The number of pyridine rings is 1. The van der Waals surface area contributed by atoms with Gasteiger partial charge in [-0.3, -0.25) is 0 Å². The maximum atomic E-state index is 11.2. The van der Waals surface area contributed by atoms with Gasteiger partial charge in [0.15, 0.2) is 0 Å². The lowest BCUT2D eigenvalue weighted by Gasteiger charge is -2.09. The Balaban J connectivity index is 2.31. The van der Waals surface area contributed by atoms with Crippen LogP contribution in [0.1, 0.15) is 41.9 Å². The molecular weight excluding hydrogens is 266 g/mol. The van der Waals surface area contributed by atoms with Gasteiger partial charge in [0.05, 0.1) is 5.56 Å². The first kappa shape index (κ1) is 15.0. The zero-order valence-corrected chi connectivity index (χ0v) is 12.3. The SMILES string of the molecule is CCCc1cc(C(=O)O)cc(Oc2cccc(CC)c2)n1. The van der Waals surface area contributed by atoms with Gasteiger partial charge in [-0.15, -0.1) is 0 Å². The van der Waals surface area contributed by atoms with Gasteiger partial charge in [0.2, 0.25) is 5.88 Å². The number of aromatic nitrogens is 1. The molecule has 0 atom stereocenters. The van der Waals surface area contributed by atoms with Crippen LogP contribution in [0.15, 0.2) is 36.4 Å². The van der Waals surface area contributed by atoms with Crippen LogP contribution >= 0.6 is 0 Å². The van der Waals surface area contributed by atoms with Crippen LogP contribution in [0.25, 0.3) is 0 Å². The number of aromatic carboxylic acids is 1. The van der Waals surface area contributed by atoms with Crippen LogP contribution in [-0.2, 0) is 12.8 Å². The number of carboxylic acid groups (broad SMARTS) is 1. The molecule has 2 rings (SSSR count). The fraction of sp³-hybridized carbons (Fsp3) is 0.294. The molecule has 0 fully saturated rings. The third-order valence-electron chi connectivity index (χ3n) is 3.14. The first-order valence-corrected chi connectivity index (χ1v) is 7.13. The Kier molecular flexibility index (Phi) is 4.93. The molecule has 1 heterocycles. The van der Waals surface area contributed by atoms with E-state index in [-0.39, 0.29) is 5.56 Å². The molecule has 21 heavy (non-hydrogen) atoms. The van der Waals surface area contributed by atoms with Crippen molar-refractivity contribution < 1.29 is 14.6 Å². The monoisotopic (exact) mass is 285 g/mol. The molecule has 110 valence electrons.